The van der Waals surface area contributed by atoms with E-state index in [0.29, 0.717) is 5.69 Å². The average molecular weight is 194 g/mol. The van der Waals surface area contributed by atoms with Crippen molar-refractivity contribution in [1.29, 1.82) is 0 Å². The van der Waals surface area contributed by atoms with E-state index in [1.165, 1.54) is 7.11 Å². The first-order valence-electron chi connectivity index (χ1n) is 3.99. The molecular formula is C9H10N2O3. The van der Waals surface area contributed by atoms with Gasteiger partial charge in [0.15, 0.2) is 0 Å². The van der Waals surface area contributed by atoms with Gasteiger partial charge in [-0.2, -0.15) is 0 Å². The highest BCUT2D eigenvalue weighted by Crippen LogP contribution is 2.03. The predicted octanol–water partition coefficient (Wildman–Crippen LogP) is 0.583. The molecule has 1 amide bonds. The number of rotatable bonds is 3. The third-order valence-electron chi connectivity index (χ3n) is 1.50. The van der Waals surface area contributed by atoms with Crippen molar-refractivity contribution in [1.82, 2.24) is 4.98 Å². The van der Waals surface area contributed by atoms with E-state index in [2.05, 4.69) is 15.0 Å². The van der Waals surface area contributed by atoms with Gasteiger partial charge in [0.25, 0.3) is 0 Å². The van der Waals surface area contributed by atoms with Gasteiger partial charge in [0.1, 0.15) is 6.42 Å². The van der Waals surface area contributed by atoms with Crippen LogP contribution in [0.5, 0.6) is 0 Å². The van der Waals surface area contributed by atoms with Crippen molar-refractivity contribution >= 4 is 17.6 Å². The number of hydrogen-bond acceptors (Lipinski definition) is 4. The topological polar surface area (TPSA) is 68.3 Å². The number of aromatic nitrogens is 1. The molecule has 1 aromatic heterocycles. The van der Waals surface area contributed by atoms with Gasteiger partial charge in [-0.3, -0.25) is 14.6 Å². The zero-order chi connectivity index (χ0) is 10.4. The summed E-state index contributed by atoms with van der Waals surface area (Å²) in [4.78, 5) is 25.7. The van der Waals surface area contributed by atoms with E-state index in [1.54, 1.807) is 24.5 Å². The van der Waals surface area contributed by atoms with Gasteiger partial charge in [0.05, 0.1) is 7.11 Å². The summed E-state index contributed by atoms with van der Waals surface area (Å²) in [6.07, 6.45) is 2.82. The van der Waals surface area contributed by atoms with Gasteiger partial charge in [0, 0.05) is 18.1 Å². The number of ether oxygens (including phenoxy) is 1. The fourth-order valence-corrected chi connectivity index (χ4v) is 0.844. The van der Waals surface area contributed by atoms with Crippen LogP contribution in [0.2, 0.25) is 0 Å². The Bertz CT molecular complexity index is 324. The van der Waals surface area contributed by atoms with Crippen LogP contribution in [-0.2, 0) is 14.3 Å². The number of nitrogens with one attached hydrogen (secondary N) is 1. The Morgan fingerprint density at radius 2 is 2.07 bits per heavy atom. The lowest BCUT2D eigenvalue weighted by molar-refractivity contribution is -0.142. The van der Waals surface area contributed by atoms with Crippen LogP contribution in [0.3, 0.4) is 0 Å². The lowest BCUT2D eigenvalue weighted by Gasteiger charge is -2.02. The number of esters is 1. The molecule has 0 radical (unpaired) electrons. The lowest BCUT2D eigenvalue weighted by Crippen LogP contribution is -2.17. The molecule has 1 rings (SSSR count). The second kappa shape index (κ2) is 4.96. The first-order chi connectivity index (χ1) is 6.72. The minimum absolute atomic E-state index is 0.279. The standard InChI is InChI=1S/C9H10N2O3/c1-14-9(13)6-8(12)11-7-2-4-10-5-3-7/h2-5H,6H2,1H3,(H,10,11,12). The van der Waals surface area contributed by atoms with Crippen LogP contribution in [0.1, 0.15) is 6.42 Å². The van der Waals surface area contributed by atoms with E-state index in [1.807, 2.05) is 0 Å². The van der Waals surface area contributed by atoms with E-state index in [4.69, 9.17) is 0 Å². The van der Waals surface area contributed by atoms with Crippen LogP contribution in [0.25, 0.3) is 0 Å². The van der Waals surface area contributed by atoms with Crippen molar-refractivity contribution in [2.45, 2.75) is 6.42 Å². The summed E-state index contributed by atoms with van der Waals surface area (Å²) < 4.78 is 4.35. The molecule has 5 nitrogen and oxygen atoms in total. The SMILES string of the molecule is COC(=O)CC(=O)Nc1ccncc1. The smallest absolute Gasteiger partial charge is 0.315 e. The van der Waals surface area contributed by atoms with Crippen molar-refractivity contribution in [2.24, 2.45) is 0 Å². The molecule has 0 fully saturated rings. The molecule has 0 aliphatic carbocycles. The third-order valence-corrected chi connectivity index (χ3v) is 1.50. The molecule has 0 spiro atoms. The van der Waals surface area contributed by atoms with Gasteiger partial charge in [-0.1, -0.05) is 0 Å². The molecule has 5 heteroatoms. The number of carbonyl (C=O) groups is 2. The molecule has 0 aliphatic heterocycles. The van der Waals surface area contributed by atoms with Crippen LogP contribution >= 0.6 is 0 Å². The highest BCUT2D eigenvalue weighted by Gasteiger charge is 2.08. The Labute approximate surface area is 81.1 Å². The van der Waals surface area contributed by atoms with Crippen LogP contribution in [0.15, 0.2) is 24.5 Å². The largest absolute Gasteiger partial charge is 0.469 e. The highest BCUT2D eigenvalue weighted by atomic mass is 16.5. The van der Waals surface area contributed by atoms with E-state index >= 15 is 0 Å². The van der Waals surface area contributed by atoms with Gasteiger partial charge < -0.3 is 10.1 Å². The maximum Gasteiger partial charge on any atom is 0.315 e. The van der Waals surface area contributed by atoms with E-state index in [0.717, 1.165) is 0 Å². The highest BCUT2D eigenvalue weighted by molar-refractivity contribution is 6.01. The minimum Gasteiger partial charge on any atom is -0.469 e. The molecule has 74 valence electrons. The summed E-state index contributed by atoms with van der Waals surface area (Å²) >= 11 is 0. The van der Waals surface area contributed by atoms with Crippen LogP contribution in [0, 0.1) is 0 Å². The number of carbonyl (C=O) groups excluding carboxylic acids is 2. The molecule has 0 saturated carbocycles. The van der Waals surface area contributed by atoms with Gasteiger partial charge in [-0.15, -0.1) is 0 Å². The van der Waals surface area contributed by atoms with E-state index in [-0.39, 0.29) is 6.42 Å². The molecule has 0 aromatic carbocycles. The monoisotopic (exact) mass is 194 g/mol. The van der Waals surface area contributed by atoms with Crippen molar-refractivity contribution < 1.29 is 14.3 Å². The Morgan fingerprint density at radius 1 is 1.43 bits per heavy atom. The van der Waals surface area contributed by atoms with Crippen LogP contribution in [0.4, 0.5) is 5.69 Å². The Balaban J connectivity index is 2.46. The Morgan fingerprint density at radius 3 is 2.64 bits per heavy atom. The van der Waals surface area contributed by atoms with E-state index in [9.17, 15) is 9.59 Å². The summed E-state index contributed by atoms with van der Waals surface area (Å²) in [5, 5.41) is 2.53. The van der Waals surface area contributed by atoms with Crippen LogP contribution in [-0.4, -0.2) is 24.0 Å². The number of hydrogen-bond donors (Lipinski definition) is 1. The maximum absolute atomic E-state index is 11.1. The van der Waals surface area contributed by atoms with Crippen molar-refractivity contribution in [3.63, 3.8) is 0 Å². The molecule has 0 bridgehead atoms. The fourth-order valence-electron chi connectivity index (χ4n) is 0.844. The van der Waals surface area contributed by atoms with Crippen molar-refractivity contribution in [3.8, 4) is 0 Å². The summed E-state index contributed by atoms with van der Waals surface area (Å²) in [6.45, 7) is 0. The number of anilines is 1. The number of nitrogens with zero attached hydrogens (tertiary/aromatic N) is 1. The molecule has 14 heavy (non-hydrogen) atoms. The Kier molecular flexibility index (Phi) is 3.60. The summed E-state index contributed by atoms with van der Waals surface area (Å²) in [7, 11) is 1.24. The quantitative estimate of drug-likeness (QED) is 0.564. The van der Waals surface area contributed by atoms with Gasteiger partial charge in [-0.25, -0.2) is 0 Å². The molecule has 1 heterocycles. The normalized spacial score (nSPS) is 9.21. The number of pyridine rings is 1. The average Bonchev–Trinajstić information content (AvgIpc) is 2.19. The summed E-state index contributed by atoms with van der Waals surface area (Å²) in [6, 6.07) is 3.27. The molecular weight excluding hydrogens is 184 g/mol. The first kappa shape index (κ1) is 10.2. The molecule has 0 aliphatic rings. The number of methoxy groups -OCH3 is 1. The summed E-state index contributed by atoms with van der Waals surface area (Å²) in [5.41, 5.74) is 0.605. The van der Waals surface area contributed by atoms with Gasteiger partial charge in [-0.05, 0) is 12.1 Å². The van der Waals surface area contributed by atoms with Crippen molar-refractivity contribution in [3.05, 3.63) is 24.5 Å². The van der Waals surface area contributed by atoms with Gasteiger partial charge in [0.2, 0.25) is 5.91 Å². The van der Waals surface area contributed by atoms with Crippen LogP contribution < -0.4 is 5.32 Å². The molecule has 0 saturated heterocycles. The zero-order valence-electron chi connectivity index (χ0n) is 7.69. The second-order valence-corrected chi connectivity index (χ2v) is 2.54. The summed E-state index contributed by atoms with van der Waals surface area (Å²) in [5.74, 6) is -0.959. The zero-order valence-corrected chi connectivity index (χ0v) is 7.69. The lowest BCUT2D eigenvalue weighted by atomic mass is 10.3. The molecule has 0 unspecified atom stereocenters. The second-order valence-electron chi connectivity index (χ2n) is 2.54. The minimum atomic E-state index is -0.559. The predicted molar refractivity (Wildman–Crippen MR) is 49.5 cm³/mol. The molecule has 1 N–H and O–H groups in total. The first-order valence-corrected chi connectivity index (χ1v) is 3.99. The maximum atomic E-state index is 11.1. The van der Waals surface area contributed by atoms with Gasteiger partial charge >= 0.3 is 5.97 Å². The molecule has 0 atom stereocenters. The van der Waals surface area contributed by atoms with E-state index < -0.39 is 11.9 Å². The van der Waals surface area contributed by atoms with Crippen molar-refractivity contribution in [2.75, 3.05) is 12.4 Å². The fraction of sp³-hybridized carbons (Fsp3) is 0.222. The third kappa shape index (κ3) is 3.22. The Hall–Kier alpha value is -1.91. The molecule has 1 aromatic rings. The number of amides is 1.